The maximum absolute atomic E-state index is 14.1. The van der Waals surface area contributed by atoms with Crippen molar-refractivity contribution in [2.24, 2.45) is 0 Å². The molecule has 1 aromatic heterocycles. The van der Waals surface area contributed by atoms with E-state index in [1.165, 1.54) is 4.57 Å². The molecule has 0 radical (unpaired) electrons. The van der Waals surface area contributed by atoms with Gasteiger partial charge >= 0.3 is 6.18 Å². The number of benzene rings is 3. The molecule has 2 N–H and O–H groups in total. The van der Waals surface area contributed by atoms with Gasteiger partial charge in [0.25, 0.3) is 5.56 Å². The van der Waals surface area contributed by atoms with Crippen LogP contribution in [0.1, 0.15) is 52.5 Å². The maximum Gasteiger partial charge on any atom is 0.416 e. The Labute approximate surface area is 217 Å². The lowest BCUT2D eigenvalue weighted by molar-refractivity contribution is -0.137. The smallest absolute Gasteiger partial charge is 0.369 e. The molecule has 0 saturated heterocycles. The van der Waals surface area contributed by atoms with Crippen LogP contribution in [0.4, 0.5) is 23.5 Å². The molecular weight excluding hydrogens is 496 g/mol. The predicted molar refractivity (Wildman–Crippen MR) is 137 cm³/mol. The van der Waals surface area contributed by atoms with Crippen molar-refractivity contribution in [1.82, 2.24) is 14.5 Å². The Morgan fingerprint density at radius 1 is 0.921 bits per heavy atom. The van der Waals surface area contributed by atoms with Crippen LogP contribution in [0, 0.1) is 5.82 Å². The van der Waals surface area contributed by atoms with Crippen molar-refractivity contribution in [3.8, 4) is 0 Å². The van der Waals surface area contributed by atoms with E-state index in [-0.39, 0.29) is 23.6 Å². The number of nitrogen functional groups attached to an aromatic ring is 1. The lowest BCUT2D eigenvalue weighted by Crippen LogP contribution is -2.41. The fourth-order valence-corrected chi connectivity index (χ4v) is 5.10. The largest absolute Gasteiger partial charge is 0.416 e. The molecule has 1 aliphatic rings. The van der Waals surface area contributed by atoms with Gasteiger partial charge in [-0.25, -0.2) is 9.37 Å². The van der Waals surface area contributed by atoms with Crippen molar-refractivity contribution < 1.29 is 17.6 Å². The number of halogens is 4. The molecule has 5 rings (SSSR count). The molecule has 196 valence electrons. The SMILES string of the molecule is CC(c1cc(F)cc(C(F)(F)F)c1)N1CCc2nc(N)n(C(c3ccccc3)c3ccccc3)c(=O)c2C1. The summed E-state index contributed by atoms with van der Waals surface area (Å²) in [5.74, 6) is -0.864. The van der Waals surface area contributed by atoms with Gasteiger partial charge < -0.3 is 5.73 Å². The first-order chi connectivity index (χ1) is 18.1. The van der Waals surface area contributed by atoms with E-state index in [1.807, 2.05) is 65.6 Å². The zero-order valence-electron chi connectivity index (χ0n) is 20.6. The molecule has 3 aromatic carbocycles. The minimum Gasteiger partial charge on any atom is -0.369 e. The Balaban J connectivity index is 1.55. The quantitative estimate of drug-likeness (QED) is 0.340. The molecule has 2 heterocycles. The summed E-state index contributed by atoms with van der Waals surface area (Å²) >= 11 is 0. The molecule has 1 aliphatic heterocycles. The van der Waals surface area contributed by atoms with E-state index < -0.39 is 29.6 Å². The summed E-state index contributed by atoms with van der Waals surface area (Å²) in [5, 5.41) is 0. The number of hydrogen-bond donors (Lipinski definition) is 1. The number of rotatable bonds is 5. The second-order valence-corrected chi connectivity index (χ2v) is 9.46. The second kappa shape index (κ2) is 10.1. The first-order valence-electron chi connectivity index (χ1n) is 12.2. The minimum atomic E-state index is -4.66. The van der Waals surface area contributed by atoms with Gasteiger partial charge in [0.1, 0.15) is 5.82 Å². The number of nitrogens with zero attached hydrogens (tertiary/aromatic N) is 3. The Bertz CT molecular complexity index is 1460. The van der Waals surface area contributed by atoms with E-state index in [2.05, 4.69) is 4.98 Å². The lowest BCUT2D eigenvalue weighted by atomic mass is 9.97. The first-order valence-corrected chi connectivity index (χ1v) is 12.2. The summed E-state index contributed by atoms with van der Waals surface area (Å²) in [6, 6.07) is 20.4. The average molecular weight is 523 g/mol. The van der Waals surface area contributed by atoms with E-state index in [1.54, 1.807) is 6.92 Å². The molecule has 9 heteroatoms. The van der Waals surface area contributed by atoms with E-state index >= 15 is 0 Å². The molecule has 0 aliphatic carbocycles. The highest BCUT2D eigenvalue weighted by atomic mass is 19.4. The van der Waals surface area contributed by atoms with Gasteiger partial charge in [0, 0.05) is 25.6 Å². The van der Waals surface area contributed by atoms with Crippen LogP contribution in [0.15, 0.2) is 83.7 Å². The normalized spacial score (nSPS) is 14.9. The Morgan fingerprint density at radius 2 is 1.53 bits per heavy atom. The Hall–Kier alpha value is -3.98. The summed E-state index contributed by atoms with van der Waals surface area (Å²) in [6.07, 6.45) is -4.27. The monoisotopic (exact) mass is 522 g/mol. The van der Waals surface area contributed by atoms with E-state index in [9.17, 15) is 22.4 Å². The lowest BCUT2D eigenvalue weighted by Gasteiger charge is -2.34. The molecule has 1 unspecified atom stereocenters. The van der Waals surface area contributed by atoms with Crippen LogP contribution in [-0.4, -0.2) is 21.0 Å². The van der Waals surface area contributed by atoms with Crippen molar-refractivity contribution in [1.29, 1.82) is 0 Å². The number of hydrogen-bond acceptors (Lipinski definition) is 4. The highest BCUT2D eigenvalue weighted by Crippen LogP contribution is 2.34. The number of anilines is 1. The van der Waals surface area contributed by atoms with Gasteiger partial charge in [-0.05, 0) is 41.8 Å². The van der Waals surface area contributed by atoms with Gasteiger partial charge in [0.05, 0.1) is 22.9 Å². The van der Waals surface area contributed by atoms with Gasteiger partial charge in [-0.15, -0.1) is 0 Å². The van der Waals surface area contributed by atoms with Gasteiger partial charge in [-0.2, -0.15) is 13.2 Å². The molecule has 38 heavy (non-hydrogen) atoms. The summed E-state index contributed by atoms with van der Waals surface area (Å²) in [6.45, 7) is 2.29. The third-order valence-corrected chi connectivity index (χ3v) is 7.09. The fraction of sp³-hybridized carbons (Fsp3) is 0.241. The zero-order valence-corrected chi connectivity index (χ0v) is 20.6. The highest BCUT2D eigenvalue weighted by Gasteiger charge is 2.33. The number of nitrogens with two attached hydrogens (primary N) is 1. The van der Waals surface area contributed by atoms with E-state index in [0.29, 0.717) is 30.3 Å². The van der Waals surface area contributed by atoms with Crippen LogP contribution in [0.25, 0.3) is 0 Å². The Morgan fingerprint density at radius 3 is 2.11 bits per heavy atom. The third kappa shape index (κ3) is 4.93. The van der Waals surface area contributed by atoms with Crippen LogP contribution in [0.3, 0.4) is 0 Å². The van der Waals surface area contributed by atoms with Crippen molar-refractivity contribution >= 4 is 5.95 Å². The van der Waals surface area contributed by atoms with E-state index in [0.717, 1.165) is 23.3 Å². The van der Waals surface area contributed by atoms with Crippen LogP contribution in [0.2, 0.25) is 0 Å². The summed E-state index contributed by atoms with van der Waals surface area (Å²) in [7, 11) is 0. The number of alkyl halides is 3. The van der Waals surface area contributed by atoms with Crippen LogP contribution in [0.5, 0.6) is 0 Å². The average Bonchev–Trinajstić information content (AvgIpc) is 2.90. The van der Waals surface area contributed by atoms with Crippen molar-refractivity contribution in [2.45, 2.75) is 38.1 Å². The molecule has 0 spiro atoms. The molecule has 0 bridgehead atoms. The van der Waals surface area contributed by atoms with E-state index in [4.69, 9.17) is 5.73 Å². The summed E-state index contributed by atoms with van der Waals surface area (Å²) in [4.78, 5) is 20.4. The second-order valence-electron chi connectivity index (χ2n) is 9.46. The first kappa shape index (κ1) is 25.7. The molecule has 0 fully saturated rings. The molecule has 4 aromatic rings. The molecule has 1 atom stereocenters. The maximum atomic E-state index is 14.1. The van der Waals surface area contributed by atoms with Gasteiger partial charge in [0.2, 0.25) is 5.95 Å². The molecule has 5 nitrogen and oxygen atoms in total. The van der Waals surface area contributed by atoms with Gasteiger partial charge in [0.15, 0.2) is 0 Å². The van der Waals surface area contributed by atoms with Crippen molar-refractivity contribution in [3.05, 3.63) is 129 Å². The van der Waals surface area contributed by atoms with Crippen molar-refractivity contribution in [3.63, 3.8) is 0 Å². The highest BCUT2D eigenvalue weighted by molar-refractivity contribution is 5.39. The molecule has 0 amide bonds. The Kier molecular flexibility index (Phi) is 6.79. The van der Waals surface area contributed by atoms with Crippen LogP contribution in [-0.2, 0) is 19.1 Å². The summed E-state index contributed by atoms with van der Waals surface area (Å²) in [5.41, 5.74) is 7.93. The number of fused-ring (bicyclic) bond motifs is 1. The number of aromatic nitrogens is 2. The third-order valence-electron chi connectivity index (χ3n) is 7.09. The predicted octanol–water partition coefficient (Wildman–Crippen LogP) is 5.74. The fourth-order valence-electron chi connectivity index (χ4n) is 5.10. The molecule has 0 saturated carbocycles. The summed E-state index contributed by atoms with van der Waals surface area (Å²) < 4.78 is 55.5. The van der Waals surface area contributed by atoms with Gasteiger partial charge in [-0.1, -0.05) is 60.7 Å². The molecular formula is C29H26F4N4O. The zero-order chi connectivity index (χ0) is 27.0. The van der Waals surface area contributed by atoms with Crippen LogP contribution >= 0.6 is 0 Å². The van der Waals surface area contributed by atoms with Crippen molar-refractivity contribution in [2.75, 3.05) is 12.3 Å². The van der Waals surface area contributed by atoms with Gasteiger partial charge in [-0.3, -0.25) is 14.3 Å². The standard InChI is InChI=1S/C29H26F4N4O/c1-18(21-14-22(29(31,32)33)16-23(30)15-21)36-13-12-25-24(17-36)27(38)37(28(34)35-25)26(19-8-4-2-5-9-19)20-10-6-3-7-11-20/h2-11,14-16,18,26H,12-13,17H2,1H3,(H2,34,35). The topological polar surface area (TPSA) is 64.2 Å². The van der Waals surface area contributed by atoms with Crippen LogP contribution < -0.4 is 11.3 Å². The minimum absolute atomic E-state index is 0.0907.